The summed E-state index contributed by atoms with van der Waals surface area (Å²) in [5.74, 6) is -4.10. The number of nitrogens with one attached hydrogen (secondary N) is 2. The number of likely N-dealkylation sites (N-methyl/N-ethyl adjacent to an activating group) is 1. The van der Waals surface area contributed by atoms with Crippen LogP contribution in [0.2, 0.25) is 0 Å². The lowest BCUT2D eigenvalue weighted by molar-refractivity contribution is -0.205. The first-order valence-electron chi connectivity index (χ1n) is 14.3. The summed E-state index contributed by atoms with van der Waals surface area (Å²) in [6, 6.07) is -2.19. The molecule has 7 unspecified atom stereocenters. The molecule has 2 N–H and O–H groups in total. The van der Waals surface area contributed by atoms with Gasteiger partial charge in [0.05, 0.1) is 17.9 Å². The summed E-state index contributed by atoms with van der Waals surface area (Å²) in [6.45, 7) is 2.85. The number of fused-ring (bicyclic) bond motifs is 1. The van der Waals surface area contributed by atoms with E-state index in [2.05, 4.69) is 31.5 Å². The van der Waals surface area contributed by atoms with Gasteiger partial charge in [0.25, 0.3) is 0 Å². The van der Waals surface area contributed by atoms with Gasteiger partial charge in [-0.3, -0.25) is 19.3 Å². The van der Waals surface area contributed by atoms with Crippen LogP contribution in [0.4, 0.5) is 17.6 Å². The van der Waals surface area contributed by atoms with Crippen molar-refractivity contribution in [3.8, 4) is 0 Å². The van der Waals surface area contributed by atoms with E-state index in [-0.39, 0.29) is 24.4 Å². The average Bonchev–Trinajstić information content (AvgIpc) is 3.35. The quantitative estimate of drug-likeness (QED) is 0.366. The second-order valence-corrected chi connectivity index (χ2v) is 13.4. The molecule has 5 rings (SSSR count). The van der Waals surface area contributed by atoms with E-state index in [0.717, 1.165) is 0 Å². The fraction of sp³-hybridized carbons (Fsp3) is 0.815. The smallest absolute Gasteiger partial charge is 0.348 e. The zero-order valence-electron chi connectivity index (χ0n) is 22.6. The molecule has 3 aliphatic heterocycles. The summed E-state index contributed by atoms with van der Waals surface area (Å²) in [4.78, 5) is 44.2. The molecule has 4 fully saturated rings. The van der Waals surface area contributed by atoms with E-state index in [9.17, 15) is 31.9 Å². The van der Waals surface area contributed by atoms with Crippen LogP contribution in [-0.2, 0) is 14.4 Å². The first-order chi connectivity index (χ1) is 18.9. The monoisotopic (exact) mass is 635 g/mol. The highest BCUT2D eigenvalue weighted by Gasteiger charge is 2.56. The highest BCUT2D eigenvalue weighted by molar-refractivity contribution is 9.09. The maximum absolute atomic E-state index is 14.5. The van der Waals surface area contributed by atoms with Crippen molar-refractivity contribution in [3.05, 3.63) is 11.6 Å². The highest BCUT2D eigenvalue weighted by Crippen LogP contribution is 2.46. The van der Waals surface area contributed by atoms with E-state index >= 15 is 0 Å². The predicted octanol–water partition coefficient (Wildman–Crippen LogP) is 2.23. The average molecular weight is 637 g/mol. The van der Waals surface area contributed by atoms with Crippen molar-refractivity contribution >= 4 is 33.7 Å². The van der Waals surface area contributed by atoms with Gasteiger partial charge in [-0.25, -0.2) is 4.39 Å². The molecule has 8 nitrogen and oxygen atoms in total. The fourth-order valence-corrected chi connectivity index (χ4v) is 8.17. The van der Waals surface area contributed by atoms with Crippen molar-refractivity contribution in [2.24, 2.45) is 17.8 Å². The third-order valence-corrected chi connectivity index (χ3v) is 10.2. The maximum Gasteiger partial charge on any atom is 0.393 e. The molecule has 0 aromatic heterocycles. The van der Waals surface area contributed by atoms with Gasteiger partial charge in [-0.1, -0.05) is 15.9 Å². The maximum atomic E-state index is 14.5. The Morgan fingerprint density at radius 2 is 1.80 bits per heavy atom. The minimum absolute atomic E-state index is 0.107. The summed E-state index contributed by atoms with van der Waals surface area (Å²) in [7, 11) is 1.96. The summed E-state index contributed by atoms with van der Waals surface area (Å²) >= 11 is 3.41. The van der Waals surface area contributed by atoms with E-state index in [1.165, 1.54) is 6.08 Å². The number of nitrogens with zero attached hydrogens (tertiary/aromatic N) is 3. The molecule has 0 aromatic carbocycles. The Morgan fingerprint density at radius 1 is 1.07 bits per heavy atom. The number of halogens is 5. The lowest BCUT2D eigenvalue weighted by atomic mass is 9.74. The van der Waals surface area contributed by atoms with Crippen LogP contribution in [0.1, 0.15) is 38.5 Å². The van der Waals surface area contributed by atoms with Gasteiger partial charge in [0.1, 0.15) is 6.17 Å². The molecule has 3 amide bonds. The van der Waals surface area contributed by atoms with Crippen LogP contribution in [0.5, 0.6) is 0 Å². The van der Waals surface area contributed by atoms with Crippen molar-refractivity contribution in [1.82, 2.24) is 25.3 Å². The Hall–Kier alpha value is -1.73. The molecule has 224 valence electrons. The van der Waals surface area contributed by atoms with Crippen LogP contribution < -0.4 is 10.6 Å². The van der Waals surface area contributed by atoms with E-state index in [1.807, 2.05) is 7.05 Å². The second kappa shape index (κ2) is 11.9. The number of piperazine rings is 1. The Kier molecular flexibility index (Phi) is 8.83. The molecule has 13 heteroatoms. The van der Waals surface area contributed by atoms with Gasteiger partial charge in [-0.15, -0.1) is 0 Å². The number of amides is 3. The van der Waals surface area contributed by atoms with Crippen molar-refractivity contribution in [2.75, 3.05) is 46.3 Å². The van der Waals surface area contributed by atoms with Crippen LogP contribution in [0.25, 0.3) is 0 Å². The number of hydrogen-bond acceptors (Lipinski definition) is 5. The summed E-state index contributed by atoms with van der Waals surface area (Å²) in [5.41, 5.74) is 0.241. The fourth-order valence-electron chi connectivity index (χ4n) is 7.37. The molecule has 0 aromatic rings. The molecule has 2 saturated carbocycles. The normalized spacial score (nSPS) is 37.9. The van der Waals surface area contributed by atoms with Gasteiger partial charge in [0, 0.05) is 73.7 Å². The summed E-state index contributed by atoms with van der Waals surface area (Å²) in [6.07, 6.45) is -2.30. The standard InChI is InChI=1S/C27H38BrF4N5O3/c1-35-7-9-36(10-8-35)26(40)19-11-15(28)12-20(27(30,31)32)24(19)37-6-5-16(14-37)33-25(39)18-13-22(38)34-23-17(18)3-2-4-21(23)29/h13,15-17,19-21,23-24H,2-12,14H2,1H3,(H,33,39)(H,34,38)/t15?,16-,17?,19?,20?,21?,23?,24?/m1/s1. The molecular formula is C27H38BrF4N5O3. The van der Waals surface area contributed by atoms with Gasteiger partial charge < -0.3 is 20.4 Å². The number of carbonyl (C=O) groups is 3. The van der Waals surface area contributed by atoms with E-state index in [1.54, 1.807) is 9.80 Å². The van der Waals surface area contributed by atoms with Crippen molar-refractivity contribution in [1.29, 1.82) is 0 Å². The van der Waals surface area contributed by atoms with Gasteiger partial charge in [0.2, 0.25) is 17.7 Å². The molecule has 40 heavy (non-hydrogen) atoms. The lowest BCUT2D eigenvalue weighted by Gasteiger charge is -2.46. The van der Waals surface area contributed by atoms with Crippen LogP contribution in [0, 0.1) is 17.8 Å². The highest BCUT2D eigenvalue weighted by atomic mass is 79.9. The molecule has 3 heterocycles. The van der Waals surface area contributed by atoms with Crippen LogP contribution >= 0.6 is 15.9 Å². The largest absolute Gasteiger partial charge is 0.393 e. The zero-order chi connectivity index (χ0) is 28.8. The van der Waals surface area contributed by atoms with Crippen molar-refractivity contribution < 1.29 is 31.9 Å². The molecule has 2 saturated heterocycles. The first-order valence-corrected chi connectivity index (χ1v) is 15.2. The van der Waals surface area contributed by atoms with E-state index < -0.39 is 64.9 Å². The third-order valence-electron chi connectivity index (χ3n) is 9.45. The Balaban J connectivity index is 1.31. The van der Waals surface area contributed by atoms with Gasteiger partial charge in [-0.05, 0) is 45.6 Å². The Morgan fingerprint density at radius 3 is 2.50 bits per heavy atom. The SMILES string of the molecule is CN1CCN(C(=O)C2CC(Br)CC(C(F)(F)F)C2N2CC[C@@H](NC(=O)C3=CC(=O)NC4C(F)CCCC34)C2)CC1. The second-order valence-electron chi connectivity index (χ2n) is 12.1. The predicted molar refractivity (Wildman–Crippen MR) is 143 cm³/mol. The number of rotatable bonds is 4. The lowest BCUT2D eigenvalue weighted by Crippen LogP contribution is -2.59. The minimum atomic E-state index is -4.47. The van der Waals surface area contributed by atoms with Crippen molar-refractivity contribution in [3.63, 3.8) is 0 Å². The Bertz CT molecular complexity index is 1020. The molecular weight excluding hydrogens is 598 g/mol. The Labute approximate surface area is 240 Å². The van der Waals surface area contributed by atoms with Gasteiger partial charge >= 0.3 is 6.18 Å². The zero-order valence-corrected chi connectivity index (χ0v) is 24.2. The molecule has 0 spiro atoms. The van der Waals surface area contributed by atoms with E-state index in [4.69, 9.17) is 0 Å². The van der Waals surface area contributed by atoms with Crippen LogP contribution in [0.3, 0.4) is 0 Å². The van der Waals surface area contributed by atoms with Gasteiger partial charge in [0.15, 0.2) is 0 Å². The van der Waals surface area contributed by atoms with Gasteiger partial charge in [-0.2, -0.15) is 13.2 Å². The summed E-state index contributed by atoms with van der Waals surface area (Å²) < 4.78 is 57.7. The number of carbonyl (C=O) groups excluding carboxylic acids is 3. The van der Waals surface area contributed by atoms with Crippen LogP contribution in [0.15, 0.2) is 11.6 Å². The third kappa shape index (κ3) is 6.21. The van der Waals surface area contributed by atoms with Crippen molar-refractivity contribution in [2.45, 2.75) is 73.8 Å². The number of alkyl halides is 5. The molecule has 8 atom stereocenters. The molecule has 2 aliphatic carbocycles. The number of hydrogen-bond donors (Lipinski definition) is 2. The first kappa shape index (κ1) is 29.8. The molecule has 0 bridgehead atoms. The minimum Gasteiger partial charge on any atom is -0.348 e. The number of likely N-dealkylation sites (tertiary alicyclic amines) is 1. The molecule has 0 radical (unpaired) electrons. The van der Waals surface area contributed by atoms with E-state index in [0.29, 0.717) is 64.8 Å². The molecule has 5 aliphatic rings. The van der Waals surface area contributed by atoms with Crippen LogP contribution in [-0.4, -0.2) is 114 Å². The summed E-state index contributed by atoms with van der Waals surface area (Å²) in [5, 5.41) is 5.55. The topological polar surface area (TPSA) is 85.0 Å².